The minimum absolute atomic E-state index is 0.130. The Morgan fingerprint density at radius 3 is 2.36 bits per heavy atom. The van der Waals surface area contributed by atoms with E-state index in [4.69, 9.17) is 19.0 Å². The number of hydrogen-bond acceptors (Lipinski definition) is 7. The van der Waals surface area contributed by atoms with Crippen LogP contribution in [0.5, 0.6) is 5.75 Å². The van der Waals surface area contributed by atoms with Crippen molar-refractivity contribution < 1.29 is 22.6 Å². The predicted molar refractivity (Wildman–Crippen MR) is 83.2 cm³/mol. The van der Waals surface area contributed by atoms with Gasteiger partial charge >= 0.3 is 7.60 Å². The summed E-state index contributed by atoms with van der Waals surface area (Å²) in [5.74, 6) is 0.297. The fourth-order valence-corrected chi connectivity index (χ4v) is 6.76. The molecular weight excluding hydrogens is 327 g/mol. The highest BCUT2D eigenvalue weighted by atomic mass is 32.2. The summed E-state index contributed by atoms with van der Waals surface area (Å²) in [5.41, 5.74) is -0.504. The Bertz CT molecular complexity index is 697. The van der Waals surface area contributed by atoms with Crippen molar-refractivity contribution >= 4 is 17.3 Å². The van der Waals surface area contributed by atoms with Gasteiger partial charge in [0.05, 0.1) is 25.2 Å². The molecule has 122 valence electrons. The fraction of sp³-hybridized carbons (Fsp3) is 0.462. The first-order valence-corrected chi connectivity index (χ1v) is 10.00. The number of nitrogens with zero attached hydrogens (tertiary/aromatic N) is 2. The van der Waals surface area contributed by atoms with E-state index < -0.39 is 22.8 Å². The number of hydrogen-bond donors (Lipinski definition) is 0. The Kier molecular flexibility index (Phi) is 7.04. The predicted octanol–water partition coefficient (Wildman–Crippen LogP) is 3.23. The maximum absolute atomic E-state index is 13.1. The van der Waals surface area contributed by atoms with Gasteiger partial charge in [-0.1, -0.05) is 12.1 Å². The Hall–Kier alpha value is -1.39. The lowest BCUT2D eigenvalue weighted by molar-refractivity contribution is 0.224. The maximum atomic E-state index is 13.1. The number of nitriles is 1. The van der Waals surface area contributed by atoms with Gasteiger partial charge in [0.1, 0.15) is 21.0 Å². The highest BCUT2D eigenvalue weighted by Crippen LogP contribution is 2.51. The van der Waals surface area contributed by atoms with Crippen LogP contribution in [0.4, 0.5) is 0 Å². The van der Waals surface area contributed by atoms with Crippen molar-refractivity contribution in [2.45, 2.75) is 18.7 Å². The first-order valence-electron chi connectivity index (χ1n) is 6.58. The van der Waals surface area contributed by atoms with Crippen molar-refractivity contribution in [3.05, 3.63) is 24.3 Å². The van der Waals surface area contributed by atoms with Gasteiger partial charge in [-0.25, -0.2) is 4.21 Å². The third-order valence-electron chi connectivity index (χ3n) is 2.59. The number of benzene rings is 1. The molecule has 0 N–H and O–H groups in total. The second-order valence-corrected chi connectivity index (χ2v) is 8.73. The third kappa shape index (κ3) is 4.55. The molecule has 0 aliphatic heterocycles. The zero-order chi connectivity index (χ0) is 16.6. The average molecular weight is 346 g/mol. The van der Waals surface area contributed by atoms with E-state index in [1.165, 1.54) is 19.4 Å². The third-order valence-corrected chi connectivity index (χ3v) is 7.95. The molecule has 1 atom stereocenters. The molecule has 0 fully saturated rings. The van der Waals surface area contributed by atoms with E-state index in [0.717, 1.165) is 0 Å². The van der Waals surface area contributed by atoms with Gasteiger partial charge in [0, 0.05) is 0 Å². The smallest absolute Gasteiger partial charge is 0.344 e. The number of para-hydroxylation sites is 1. The molecule has 7 nitrogen and oxygen atoms in total. The second-order valence-electron chi connectivity index (χ2n) is 4.06. The van der Waals surface area contributed by atoms with E-state index in [9.17, 15) is 8.77 Å². The number of rotatable bonds is 8. The van der Waals surface area contributed by atoms with Crippen molar-refractivity contribution in [1.82, 2.24) is 0 Å². The van der Waals surface area contributed by atoms with Crippen LogP contribution in [0.3, 0.4) is 0 Å². The summed E-state index contributed by atoms with van der Waals surface area (Å²) >= 11 is 0. The molecular formula is C13H19N2O5PS. The van der Waals surface area contributed by atoms with Crippen LogP contribution in [0.15, 0.2) is 33.5 Å². The molecule has 1 aromatic rings. The summed E-state index contributed by atoms with van der Waals surface area (Å²) in [6.45, 7) is 3.56. The molecule has 0 aliphatic rings. The normalized spacial score (nSPS) is 13.9. The van der Waals surface area contributed by atoms with Gasteiger partial charge in [-0.3, -0.25) is 4.57 Å². The van der Waals surface area contributed by atoms with Gasteiger partial charge in [-0.05, 0) is 26.0 Å². The van der Waals surface area contributed by atoms with Crippen LogP contribution in [0.25, 0.3) is 0 Å². The first-order chi connectivity index (χ1) is 10.4. The Balaban J connectivity index is 3.40. The quantitative estimate of drug-likeness (QED) is 0.529. The van der Waals surface area contributed by atoms with Crippen molar-refractivity contribution in [3.63, 3.8) is 0 Å². The zero-order valence-corrected chi connectivity index (χ0v) is 14.4. The first kappa shape index (κ1) is 18.7. The van der Waals surface area contributed by atoms with Crippen LogP contribution < -0.4 is 4.74 Å². The Morgan fingerprint density at radius 1 is 1.27 bits per heavy atom. The van der Waals surface area contributed by atoms with Crippen LogP contribution in [-0.4, -0.2) is 30.0 Å². The van der Waals surface area contributed by atoms with E-state index in [1.54, 1.807) is 32.0 Å². The van der Waals surface area contributed by atoms with E-state index in [-0.39, 0.29) is 18.1 Å². The Labute approximate surface area is 130 Å². The van der Waals surface area contributed by atoms with Gasteiger partial charge in [0.25, 0.3) is 0 Å². The summed E-state index contributed by atoms with van der Waals surface area (Å²) in [6.07, 6.45) is 1.53. The zero-order valence-electron chi connectivity index (χ0n) is 12.7. The molecule has 0 radical (unpaired) electrons. The number of methoxy groups -OCH3 is 1. The minimum Gasteiger partial charge on any atom is -0.495 e. The second kappa shape index (κ2) is 8.30. The van der Waals surface area contributed by atoms with Crippen LogP contribution in [0.2, 0.25) is 0 Å². The summed E-state index contributed by atoms with van der Waals surface area (Å²) in [7, 11) is -5.57. The minimum atomic E-state index is -3.64. The Morgan fingerprint density at radius 2 is 1.86 bits per heavy atom. The lowest BCUT2D eigenvalue weighted by Gasteiger charge is -2.19. The maximum Gasteiger partial charge on any atom is 0.344 e. The summed E-state index contributed by atoms with van der Waals surface area (Å²) in [5, 5.41) is 8.88. The van der Waals surface area contributed by atoms with Gasteiger partial charge in [-0.2, -0.15) is 5.26 Å². The standard InChI is InChI=1S/C13H19N2O5PS/c1-4-19-21(16,20-5-2)11-22(17,15-10-14)13-9-7-6-8-12(13)18-3/h6-9H,4-5,11H2,1-3H3. The molecule has 0 heterocycles. The molecule has 1 aromatic carbocycles. The monoisotopic (exact) mass is 346 g/mol. The fourth-order valence-electron chi connectivity index (χ4n) is 1.82. The molecule has 22 heavy (non-hydrogen) atoms. The number of ether oxygens (including phenoxy) is 1. The summed E-state index contributed by atoms with van der Waals surface area (Å²) in [4.78, 5) is 0.193. The summed E-state index contributed by atoms with van der Waals surface area (Å²) in [6, 6.07) is 6.44. The molecule has 1 rings (SSSR count). The van der Waals surface area contributed by atoms with Crippen molar-refractivity contribution in [2.75, 3.05) is 25.8 Å². The highest BCUT2D eigenvalue weighted by molar-refractivity contribution is 7.99. The molecule has 0 aromatic heterocycles. The molecule has 0 spiro atoms. The van der Waals surface area contributed by atoms with E-state index in [0.29, 0.717) is 5.75 Å². The molecule has 9 heteroatoms. The van der Waals surface area contributed by atoms with Crippen molar-refractivity contribution in [3.8, 4) is 11.9 Å². The molecule has 0 saturated heterocycles. The molecule has 0 saturated carbocycles. The van der Waals surface area contributed by atoms with E-state index >= 15 is 0 Å². The molecule has 0 bridgehead atoms. The lowest BCUT2D eigenvalue weighted by atomic mass is 10.3. The summed E-state index contributed by atoms with van der Waals surface area (Å²) < 4.78 is 44.7. The van der Waals surface area contributed by atoms with Crippen LogP contribution >= 0.6 is 7.60 Å². The van der Waals surface area contributed by atoms with Gasteiger partial charge in [0.15, 0.2) is 0 Å². The van der Waals surface area contributed by atoms with Crippen molar-refractivity contribution in [2.24, 2.45) is 4.36 Å². The lowest BCUT2D eigenvalue weighted by Crippen LogP contribution is -2.12. The highest BCUT2D eigenvalue weighted by Gasteiger charge is 2.33. The topological polar surface area (TPSA) is 98.0 Å². The van der Waals surface area contributed by atoms with Crippen LogP contribution in [0, 0.1) is 11.5 Å². The van der Waals surface area contributed by atoms with Crippen LogP contribution in [0.1, 0.15) is 13.8 Å². The van der Waals surface area contributed by atoms with Crippen LogP contribution in [-0.2, 0) is 23.3 Å². The average Bonchev–Trinajstić information content (AvgIpc) is 2.47. The largest absolute Gasteiger partial charge is 0.495 e. The molecule has 0 amide bonds. The molecule has 1 unspecified atom stereocenters. The molecule has 0 aliphatic carbocycles. The van der Waals surface area contributed by atoms with E-state index in [1.807, 2.05) is 0 Å². The van der Waals surface area contributed by atoms with E-state index in [2.05, 4.69) is 4.36 Å². The van der Waals surface area contributed by atoms with Gasteiger partial charge in [-0.15, -0.1) is 4.36 Å². The van der Waals surface area contributed by atoms with Gasteiger partial charge < -0.3 is 13.8 Å². The van der Waals surface area contributed by atoms with Gasteiger partial charge in [0.2, 0.25) is 6.19 Å². The van der Waals surface area contributed by atoms with Crippen molar-refractivity contribution in [1.29, 1.82) is 5.26 Å². The SMILES string of the molecule is CCOP(=O)(CS(=O)(=NC#N)c1ccccc1OC)OCC.